The zero-order valence-corrected chi connectivity index (χ0v) is 21.3. The van der Waals surface area contributed by atoms with Crippen LogP contribution in [0.15, 0.2) is 54.6 Å². The lowest BCUT2D eigenvalue weighted by molar-refractivity contribution is -0.147. The largest absolute Gasteiger partial charge is 0.456 e. The SMILES string of the molecule is CC(C)(C)OC(=O)NCCC(=O)OCC(=O)Nc1ccc(N2CCN(Cc3ccccc3)CC2)cc1. The molecule has 0 aromatic heterocycles. The Labute approximate surface area is 212 Å². The summed E-state index contributed by atoms with van der Waals surface area (Å²) in [6, 6.07) is 18.1. The number of nitrogens with zero attached hydrogens (tertiary/aromatic N) is 2. The Kier molecular flexibility index (Phi) is 9.69. The summed E-state index contributed by atoms with van der Waals surface area (Å²) < 4.78 is 10.1. The van der Waals surface area contributed by atoms with Gasteiger partial charge in [0.15, 0.2) is 6.61 Å². The summed E-state index contributed by atoms with van der Waals surface area (Å²) in [6.07, 6.45) is -0.662. The number of esters is 1. The highest BCUT2D eigenvalue weighted by molar-refractivity contribution is 5.93. The molecule has 9 nitrogen and oxygen atoms in total. The van der Waals surface area contributed by atoms with Gasteiger partial charge in [-0.1, -0.05) is 30.3 Å². The Morgan fingerprint density at radius 2 is 1.58 bits per heavy atom. The number of anilines is 2. The summed E-state index contributed by atoms with van der Waals surface area (Å²) in [4.78, 5) is 40.3. The third kappa shape index (κ3) is 9.58. The lowest BCUT2D eigenvalue weighted by Gasteiger charge is -2.36. The predicted molar refractivity (Wildman–Crippen MR) is 139 cm³/mol. The maximum atomic E-state index is 12.1. The van der Waals surface area contributed by atoms with E-state index >= 15 is 0 Å². The van der Waals surface area contributed by atoms with E-state index in [0.717, 1.165) is 38.4 Å². The van der Waals surface area contributed by atoms with Crippen LogP contribution in [0.3, 0.4) is 0 Å². The van der Waals surface area contributed by atoms with Gasteiger partial charge in [-0.3, -0.25) is 14.5 Å². The molecular weight excluding hydrogens is 460 g/mol. The number of alkyl carbamates (subject to hydrolysis) is 1. The topological polar surface area (TPSA) is 100 Å². The van der Waals surface area contributed by atoms with Crippen LogP contribution in [-0.4, -0.2) is 67.8 Å². The predicted octanol–water partition coefficient (Wildman–Crippen LogP) is 3.41. The number of amides is 2. The van der Waals surface area contributed by atoms with Crippen LogP contribution in [0.2, 0.25) is 0 Å². The van der Waals surface area contributed by atoms with E-state index in [1.54, 1.807) is 20.8 Å². The van der Waals surface area contributed by atoms with Crippen molar-refractivity contribution in [2.45, 2.75) is 39.3 Å². The molecule has 0 spiro atoms. The fraction of sp³-hybridized carbons (Fsp3) is 0.444. The summed E-state index contributed by atoms with van der Waals surface area (Å²) >= 11 is 0. The second kappa shape index (κ2) is 12.9. The van der Waals surface area contributed by atoms with Gasteiger partial charge in [0.1, 0.15) is 5.60 Å². The monoisotopic (exact) mass is 496 g/mol. The van der Waals surface area contributed by atoms with Crippen molar-refractivity contribution < 1.29 is 23.9 Å². The molecule has 1 saturated heterocycles. The van der Waals surface area contributed by atoms with E-state index in [1.807, 2.05) is 30.3 Å². The molecule has 2 aromatic carbocycles. The van der Waals surface area contributed by atoms with E-state index < -0.39 is 30.2 Å². The number of benzene rings is 2. The molecule has 0 radical (unpaired) electrons. The van der Waals surface area contributed by atoms with Crippen LogP contribution in [0.25, 0.3) is 0 Å². The van der Waals surface area contributed by atoms with Crippen LogP contribution in [0.5, 0.6) is 0 Å². The standard InChI is InChI=1S/C27H36N4O5/c1-27(2,3)36-26(34)28-14-13-25(33)35-20-24(32)29-22-9-11-23(12-10-22)31-17-15-30(16-18-31)19-21-7-5-4-6-8-21/h4-12H,13-20H2,1-3H3,(H,28,34)(H,29,32). The van der Waals surface area contributed by atoms with Crippen LogP contribution in [0.1, 0.15) is 32.8 Å². The van der Waals surface area contributed by atoms with Gasteiger partial charge in [0.2, 0.25) is 0 Å². The first kappa shape index (κ1) is 27.0. The summed E-state index contributed by atoms with van der Waals surface area (Å²) in [5.41, 5.74) is 2.46. The second-order valence-electron chi connectivity index (χ2n) is 9.68. The minimum absolute atomic E-state index is 0.0557. The molecular formula is C27H36N4O5. The Bertz CT molecular complexity index is 997. The van der Waals surface area contributed by atoms with Gasteiger partial charge < -0.3 is 25.0 Å². The van der Waals surface area contributed by atoms with E-state index in [2.05, 4.69) is 44.7 Å². The molecule has 0 atom stereocenters. The minimum Gasteiger partial charge on any atom is -0.456 e. The van der Waals surface area contributed by atoms with Gasteiger partial charge in [0.05, 0.1) is 6.42 Å². The van der Waals surface area contributed by atoms with Crippen LogP contribution in [0, 0.1) is 0 Å². The highest BCUT2D eigenvalue weighted by Gasteiger charge is 2.18. The van der Waals surface area contributed by atoms with Gasteiger partial charge in [0, 0.05) is 50.6 Å². The fourth-order valence-corrected chi connectivity index (χ4v) is 3.76. The van der Waals surface area contributed by atoms with Gasteiger partial charge in [-0.15, -0.1) is 0 Å². The second-order valence-corrected chi connectivity index (χ2v) is 9.68. The summed E-state index contributed by atoms with van der Waals surface area (Å²) in [5, 5.41) is 5.20. The highest BCUT2D eigenvalue weighted by atomic mass is 16.6. The molecule has 0 aliphatic carbocycles. The molecule has 36 heavy (non-hydrogen) atoms. The molecule has 2 amide bonds. The Morgan fingerprint density at radius 1 is 0.917 bits per heavy atom. The van der Waals surface area contributed by atoms with Gasteiger partial charge >= 0.3 is 12.1 Å². The number of rotatable bonds is 9. The maximum absolute atomic E-state index is 12.1. The summed E-state index contributed by atoms with van der Waals surface area (Å²) in [7, 11) is 0. The number of piperazine rings is 1. The number of carbonyl (C=O) groups excluding carboxylic acids is 3. The number of carbonyl (C=O) groups is 3. The first-order valence-corrected chi connectivity index (χ1v) is 12.2. The van der Waals surface area contributed by atoms with Crippen molar-refractivity contribution in [1.29, 1.82) is 0 Å². The van der Waals surface area contributed by atoms with Crippen molar-refractivity contribution in [3.8, 4) is 0 Å². The summed E-state index contributed by atoms with van der Waals surface area (Å²) in [6.45, 7) is 9.76. The zero-order valence-electron chi connectivity index (χ0n) is 21.3. The molecule has 1 heterocycles. The number of hydrogen-bond donors (Lipinski definition) is 2. The molecule has 194 valence electrons. The molecule has 2 N–H and O–H groups in total. The molecule has 2 aromatic rings. The smallest absolute Gasteiger partial charge is 0.407 e. The van der Waals surface area contributed by atoms with Crippen molar-refractivity contribution in [3.63, 3.8) is 0 Å². The third-order valence-electron chi connectivity index (χ3n) is 5.50. The van der Waals surface area contributed by atoms with Crippen molar-refractivity contribution in [1.82, 2.24) is 10.2 Å². The van der Waals surface area contributed by atoms with Crippen LogP contribution in [0.4, 0.5) is 16.2 Å². The number of nitrogens with one attached hydrogen (secondary N) is 2. The normalized spacial score (nSPS) is 14.1. The third-order valence-corrected chi connectivity index (χ3v) is 5.50. The van der Waals surface area contributed by atoms with E-state index in [0.29, 0.717) is 5.69 Å². The Balaban J connectivity index is 1.33. The van der Waals surface area contributed by atoms with Crippen molar-refractivity contribution >= 4 is 29.3 Å². The number of ether oxygens (including phenoxy) is 2. The fourth-order valence-electron chi connectivity index (χ4n) is 3.76. The van der Waals surface area contributed by atoms with Crippen LogP contribution >= 0.6 is 0 Å². The molecule has 0 bridgehead atoms. The Morgan fingerprint density at radius 3 is 2.22 bits per heavy atom. The Hall–Kier alpha value is -3.59. The molecule has 1 aliphatic heterocycles. The minimum atomic E-state index is -0.613. The lowest BCUT2D eigenvalue weighted by atomic mass is 10.2. The first-order chi connectivity index (χ1) is 17.2. The highest BCUT2D eigenvalue weighted by Crippen LogP contribution is 2.20. The van der Waals surface area contributed by atoms with Crippen LogP contribution < -0.4 is 15.5 Å². The molecule has 3 rings (SSSR count). The van der Waals surface area contributed by atoms with E-state index in [1.165, 1.54) is 5.56 Å². The van der Waals surface area contributed by atoms with Crippen molar-refractivity contribution in [2.75, 3.05) is 49.5 Å². The van der Waals surface area contributed by atoms with Gasteiger partial charge in [0.25, 0.3) is 5.91 Å². The molecule has 9 heteroatoms. The average Bonchev–Trinajstić information content (AvgIpc) is 2.83. The zero-order chi connectivity index (χ0) is 26.0. The maximum Gasteiger partial charge on any atom is 0.407 e. The summed E-state index contributed by atoms with van der Waals surface area (Å²) in [5.74, 6) is -1.01. The molecule has 1 aliphatic rings. The molecule has 0 unspecified atom stereocenters. The van der Waals surface area contributed by atoms with E-state index in [-0.39, 0.29) is 13.0 Å². The molecule has 1 fully saturated rings. The first-order valence-electron chi connectivity index (χ1n) is 12.2. The van der Waals surface area contributed by atoms with E-state index in [9.17, 15) is 14.4 Å². The number of hydrogen-bond acceptors (Lipinski definition) is 7. The van der Waals surface area contributed by atoms with Crippen LogP contribution in [-0.2, 0) is 25.6 Å². The lowest BCUT2D eigenvalue weighted by Crippen LogP contribution is -2.45. The average molecular weight is 497 g/mol. The van der Waals surface area contributed by atoms with E-state index in [4.69, 9.17) is 9.47 Å². The quantitative estimate of drug-likeness (QED) is 0.513. The van der Waals surface area contributed by atoms with Gasteiger partial charge in [-0.25, -0.2) is 4.79 Å². The van der Waals surface area contributed by atoms with Crippen molar-refractivity contribution in [3.05, 3.63) is 60.2 Å². The molecule has 0 saturated carbocycles. The van der Waals surface area contributed by atoms with Gasteiger partial charge in [-0.05, 0) is 50.6 Å². The van der Waals surface area contributed by atoms with Crippen molar-refractivity contribution in [2.24, 2.45) is 0 Å². The van der Waals surface area contributed by atoms with Gasteiger partial charge in [-0.2, -0.15) is 0 Å².